The summed E-state index contributed by atoms with van der Waals surface area (Å²) < 4.78 is 25.0. The van der Waals surface area contributed by atoms with E-state index in [0.717, 1.165) is 19.3 Å². The standard InChI is InChI=1S/C14H26NO7P/c1-2-3-4-5-6-7-8-14(17)20-11-13(16)12-22-23(18,19)21-10-9-15/h5-8,13,16H,2-4,9-12,15H2,1H3,(H,18,19). The first-order chi connectivity index (χ1) is 10.9. The molecule has 0 saturated heterocycles. The number of esters is 1. The van der Waals surface area contributed by atoms with E-state index in [2.05, 4.69) is 16.0 Å². The molecule has 4 N–H and O–H groups in total. The molecule has 0 aliphatic carbocycles. The summed E-state index contributed by atoms with van der Waals surface area (Å²) in [5.41, 5.74) is 5.12. The number of aliphatic hydroxyl groups is 1. The Bertz CT molecular complexity index is 425. The third kappa shape index (κ3) is 14.3. The van der Waals surface area contributed by atoms with Gasteiger partial charge in [-0.1, -0.05) is 38.0 Å². The Labute approximate surface area is 136 Å². The number of aliphatic hydroxyl groups excluding tert-OH is 1. The molecule has 0 spiro atoms. The monoisotopic (exact) mass is 351 g/mol. The maximum Gasteiger partial charge on any atom is 0.472 e. The molecule has 0 amide bonds. The fraction of sp³-hybridized carbons (Fsp3) is 0.643. The Morgan fingerprint density at radius 3 is 2.70 bits per heavy atom. The van der Waals surface area contributed by atoms with Crippen molar-refractivity contribution < 1.29 is 33.1 Å². The zero-order valence-electron chi connectivity index (χ0n) is 13.3. The van der Waals surface area contributed by atoms with Crippen LogP contribution in [0.25, 0.3) is 0 Å². The Kier molecular flexibility index (Phi) is 12.8. The van der Waals surface area contributed by atoms with Crippen LogP contribution < -0.4 is 5.73 Å². The summed E-state index contributed by atoms with van der Waals surface area (Å²) in [4.78, 5) is 20.5. The summed E-state index contributed by atoms with van der Waals surface area (Å²) in [5.74, 6) is -0.629. The van der Waals surface area contributed by atoms with E-state index < -0.39 is 26.5 Å². The summed E-state index contributed by atoms with van der Waals surface area (Å²) in [6, 6.07) is 0. The Morgan fingerprint density at radius 1 is 1.30 bits per heavy atom. The molecular formula is C14H26NO7P. The van der Waals surface area contributed by atoms with Crippen LogP contribution >= 0.6 is 7.82 Å². The Hall–Kier alpha value is -1.02. The van der Waals surface area contributed by atoms with Crippen molar-refractivity contribution in [3.05, 3.63) is 24.3 Å². The van der Waals surface area contributed by atoms with Crippen LogP contribution in [0.15, 0.2) is 24.3 Å². The van der Waals surface area contributed by atoms with Crippen LogP contribution in [0.5, 0.6) is 0 Å². The largest absolute Gasteiger partial charge is 0.472 e. The minimum absolute atomic E-state index is 0.0628. The molecule has 0 aliphatic rings. The maximum absolute atomic E-state index is 11.3. The minimum Gasteiger partial charge on any atom is -0.460 e. The molecule has 0 aromatic carbocycles. The van der Waals surface area contributed by atoms with Gasteiger partial charge in [0.1, 0.15) is 12.7 Å². The van der Waals surface area contributed by atoms with Gasteiger partial charge in [0.05, 0.1) is 13.2 Å². The first kappa shape index (κ1) is 22.0. The first-order valence-electron chi connectivity index (χ1n) is 7.41. The number of allylic oxidation sites excluding steroid dienone is 3. The van der Waals surface area contributed by atoms with E-state index in [9.17, 15) is 19.4 Å². The molecule has 9 heteroatoms. The number of phosphoric ester groups is 1. The van der Waals surface area contributed by atoms with Crippen molar-refractivity contribution in [1.82, 2.24) is 0 Å². The van der Waals surface area contributed by atoms with Gasteiger partial charge in [0.2, 0.25) is 0 Å². The lowest BCUT2D eigenvalue weighted by Gasteiger charge is -2.14. The van der Waals surface area contributed by atoms with Crippen molar-refractivity contribution in [2.45, 2.75) is 32.3 Å². The van der Waals surface area contributed by atoms with Crippen LogP contribution in [-0.2, 0) is 23.1 Å². The molecule has 134 valence electrons. The van der Waals surface area contributed by atoms with E-state index >= 15 is 0 Å². The second-order valence-electron chi connectivity index (χ2n) is 4.60. The minimum atomic E-state index is -4.25. The van der Waals surface area contributed by atoms with Crippen molar-refractivity contribution in [1.29, 1.82) is 0 Å². The topological polar surface area (TPSA) is 128 Å². The lowest BCUT2D eigenvalue weighted by atomic mass is 10.2. The highest BCUT2D eigenvalue weighted by molar-refractivity contribution is 7.47. The molecular weight excluding hydrogens is 325 g/mol. The summed E-state index contributed by atoms with van der Waals surface area (Å²) in [6.07, 6.45) is 8.34. The fourth-order valence-electron chi connectivity index (χ4n) is 1.29. The van der Waals surface area contributed by atoms with E-state index in [1.165, 1.54) is 6.08 Å². The number of hydrogen-bond donors (Lipinski definition) is 3. The number of ether oxygens (including phenoxy) is 1. The van der Waals surface area contributed by atoms with Crippen LogP contribution in [0, 0.1) is 0 Å². The van der Waals surface area contributed by atoms with Gasteiger partial charge in [-0.05, 0) is 6.42 Å². The van der Waals surface area contributed by atoms with E-state index in [0.29, 0.717) is 0 Å². The number of rotatable bonds is 13. The van der Waals surface area contributed by atoms with Crippen molar-refractivity contribution in [2.24, 2.45) is 5.73 Å². The molecule has 0 rings (SSSR count). The molecule has 23 heavy (non-hydrogen) atoms. The van der Waals surface area contributed by atoms with Crippen LogP contribution in [0.4, 0.5) is 0 Å². The zero-order valence-corrected chi connectivity index (χ0v) is 14.2. The van der Waals surface area contributed by atoms with Gasteiger partial charge in [0, 0.05) is 12.6 Å². The number of carbonyl (C=O) groups is 1. The quantitative estimate of drug-likeness (QED) is 0.149. The predicted molar refractivity (Wildman–Crippen MR) is 85.6 cm³/mol. The van der Waals surface area contributed by atoms with Crippen molar-refractivity contribution in [3.8, 4) is 0 Å². The number of phosphoric acid groups is 1. The highest BCUT2D eigenvalue weighted by atomic mass is 31.2. The first-order valence-corrected chi connectivity index (χ1v) is 8.90. The van der Waals surface area contributed by atoms with Crippen LogP contribution in [0.2, 0.25) is 0 Å². The Balaban J connectivity index is 3.89. The molecule has 0 radical (unpaired) electrons. The van der Waals surface area contributed by atoms with Gasteiger partial charge in [-0.3, -0.25) is 9.05 Å². The molecule has 0 fully saturated rings. The third-order valence-corrected chi connectivity index (χ3v) is 3.41. The molecule has 0 aromatic heterocycles. The molecule has 0 aromatic rings. The highest BCUT2D eigenvalue weighted by Crippen LogP contribution is 2.42. The third-order valence-electron chi connectivity index (χ3n) is 2.42. The van der Waals surface area contributed by atoms with Crippen LogP contribution in [-0.4, -0.2) is 48.4 Å². The normalized spacial score (nSPS) is 15.8. The van der Waals surface area contributed by atoms with Gasteiger partial charge in [0.15, 0.2) is 0 Å². The van der Waals surface area contributed by atoms with E-state index in [-0.39, 0.29) is 19.8 Å². The average Bonchev–Trinajstić information content (AvgIpc) is 2.52. The van der Waals surface area contributed by atoms with Crippen molar-refractivity contribution in [3.63, 3.8) is 0 Å². The highest BCUT2D eigenvalue weighted by Gasteiger charge is 2.22. The number of unbranched alkanes of at least 4 members (excludes halogenated alkanes) is 2. The smallest absolute Gasteiger partial charge is 0.460 e. The number of hydrogen-bond acceptors (Lipinski definition) is 7. The maximum atomic E-state index is 11.3. The Morgan fingerprint density at radius 2 is 2.04 bits per heavy atom. The molecule has 8 nitrogen and oxygen atoms in total. The van der Waals surface area contributed by atoms with E-state index in [1.54, 1.807) is 12.2 Å². The van der Waals surface area contributed by atoms with E-state index in [1.807, 2.05) is 6.08 Å². The van der Waals surface area contributed by atoms with E-state index in [4.69, 9.17) is 10.5 Å². The van der Waals surface area contributed by atoms with Gasteiger partial charge in [-0.15, -0.1) is 0 Å². The van der Waals surface area contributed by atoms with Crippen LogP contribution in [0.3, 0.4) is 0 Å². The zero-order chi connectivity index (χ0) is 17.6. The van der Waals surface area contributed by atoms with Gasteiger partial charge >= 0.3 is 13.8 Å². The van der Waals surface area contributed by atoms with Crippen molar-refractivity contribution >= 4 is 13.8 Å². The van der Waals surface area contributed by atoms with Gasteiger partial charge in [-0.2, -0.15) is 0 Å². The molecule has 2 unspecified atom stereocenters. The lowest BCUT2D eigenvalue weighted by molar-refractivity contribution is -0.141. The molecule has 0 aliphatic heterocycles. The van der Waals surface area contributed by atoms with Crippen molar-refractivity contribution in [2.75, 3.05) is 26.4 Å². The molecule has 0 bridgehead atoms. The second-order valence-corrected chi connectivity index (χ2v) is 6.05. The SMILES string of the molecule is CCCCC=CC=CC(=O)OCC(O)COP(=O)(O)OCCN. The van der Waals surface area contributed by atoms with Gasteiger partial charge < -0.3 is 20.5 Å². The summed E-state index contributed by atoms with van der Waals surface area (Å²) in [5, 5.41) is 9.50. The number of nitrogens with two attached hydrogens (primary N) is 1. The van der Waals surface area contributed by atoms with Gasteiger partial charge in [-0.25, -0.2) is 9.36 Å². The fourth-order valence-corrected chi connectivity index (χ4v) is 2.06. The second kappa shape index (κ2) is 13.4. The van der Waals surface area contributed by atoms with Crippen LogP contribution in [0.1, 0.15) is 26.2 Å². The summed E-state index contributed by atoms with van der Waals surface area (Å²) >= 11 is 0. The average molecular weight is 351 g/mol. The summed E-state index contributed by atoms with van der Waals surface area (Å²) in [7, 11) is -4.25. The number of carbonyl (C=O) groups excluding carboxylic acids is 1. The molecule has 0 heterocycles. The predicted octanol–water partition coefficient (Wildman–Crippen LogP) is 1.29. The molecule has 2 atom stereocenters. The van der Waals surface area contributed by atoms with Gasteiger partial charge in [0.25, 0.3) is 0 Å². The summed E-state index contributed by atoms with van der Waals surface area (Å²) in [6.45, 7) is 1.14. The molecule has 0 saturated carbocycles. The lowest BCUT2D eigenvalue weighted by Crippen LogP contribution is -2.23.